The van der Waals surface area contributed by atoms with Gasteiger partial charge in [-0.15, -0.1) is 0 Å². The van der Waals surface area contributed by atoms with E-state index in [0.29, 0.717) is 6.54 Å². The Morgan fingerprint density at radius 1 is 1.14 bits per heavy atom. The van der Waals surface area contributed by atoms with Gasteiger partial charge < -0.3 is 24.5 Å². The molecule has 21 heavy (non-hydrogen) atoms. The van der Waals surface area contributed by atoms with Gasteiger partial charge in [-0.3, -0.25) is 0 Å². The summed E-state index contributed by atoms with van der Waals surface area (Å²) in [5.41, 5.74) is 0.964. The Labute approximate surface area is 123 Å². The second-order valence-electron chi connectivity index (χ2n) is 5.90. The van der Waals surface area contributed by atoms with E-state index in [1.54, 1.807) is 0 Å². The minimum Gasteiger partial charge on any atom is -0.394 e. The molecule has 1 aromatic rings. The second kappa shape index (κ2) is 5.64. The summed E-state index contributed by atoms with van der Waals surface area (Å²) in [5.74, 6) is -0.738. The van der Waals surface area contributed by atoms with Crippen molar-refractivity contribution in [2.75, 3.05) is 6.61 Å². The molecule has 0 amide bonds. The first-order valence-electron chi connectivity index (χ1n) is 7.11. The number of fused-ring (bicyclic) bond motifs is 1. The first-order valence-corrected chi connectivity index (χ1v) is 7.11. The van der Waals surface area contributed by atoms with E-state index in [2.05, 4.69) is 0 Å². The van der Waals surface area contributed by atoms with Gasteiger partial charge in [-0.05, 0) is 19.4 Å². The maximum atomic E-state index is 10.3. The monoisotopic (exact) mass is 295 g/mol. The molecule has 116 valence electrons. The Balaban J connectivity index is 1.72. The molecule has 2 saturated heterocycles. The molecule has 0 radical (unpaired) electrons. The fourth-order valence-corrected chi connectivity index (χ4v) is 2.91. The minimum atomic E-state index is -0.738. The van der Waals surface area contributed by atoms with Crippen molar-refractivity contribution >= 4 is 0 Å². The molecule has 6 heteroatoms. The van der Waals surface area contributed by atoms with Crippen molar-refractivity contribution in [1.29, 1.82) is 0 Å². The van der Waals surface area contributed by atoms with Crippen LogP contribution in [0.15, 0.2) is 30.3 Å². The summed E-state index contributed by atoms with van der Waals surface area (Å²) in [5, 5.41) is 20.8. The number of benzene rings is 1. The van der Waals surface area contributed by atoms with Crippen LogP contribution in [-0.2, 0) is 20.8 Å². The van der Waals surface area contributed by atoms with E-state index < -0.39 is 24.2 Å². The highest BCUT2D eigenvalue weighted by molar-refractivity contribution is 5.14. The van der Waals surface area contributed by atoms with Gasteiger partial charge in [0.15, 0.2) is 12.0 Å². The van der Waals surface area contributed by atoms with Crippen molar-refractivity contribution in [3.63, 3.8) is 0 Å². The third kappa shape index (κ3) is 2.96. The fraction of sp³-hybridized carbons (Fsp3) is 0.600. The van der Waals surface area contributed by atoms with Gasteiger partial charge in [-0.2, -0.15) is 5.06 Å². The van der Waals surface area contributed by atoms with Gasteiger partial charge in [0.2, 0.25) is 0 Å². The fourth-order valence-electron chi connectivity index (χ4n) is 2.91. The highest BCUT2D eigenvalue weighted by Gasteiger charge is 2.56. The molecule has 0 unspecified atom stereocenters. The summed E-state index contributed by atoms with van der Waals surface area (Å²) in [6.45, 7) is 3.78. The molecule has 0 bridgehead atoms. The van der Waals surface area contributed by atoms with Crippen LogP contribution >= 0.6 is 0 Å². The van der Waals surface area contributed by atoms with Crippen LogP contribution in [0.3, 0.4) is 0 Å². The quantitative estimate of drug-likeness (QED) is 0.811. The molecule has 0 saturated carbocycles. The third-order valence-corrected chi connectivity index (χ3v) is 3.79. The van der Waals surface area contributed by atoms with Crippen LogP contribution in [0.4, 0.5) is 0 Å². The standard InChI is InChI=1S/C15H21NO5/c1-15(2)20-12-11(9-17)19-14(13(12)21-15)16(18)8-10-6-4-3-5-7-10/h3-7,11-14,17-18H,8-9H2,1-2H3/t11-,12-,13-,14-/m1/s1. The van der Waals surface area contributed by atoms with Crippen LogP contribution in [0, 0.1) is 0 Å². The molecule has 4 atom stereocenters. The van der Waals surface area contributed by atoms with E-state index >= 15 is 0 Å². The number of hydrogen-bond donors (Lipinski definition) is 2. The first kappa shape index (κ1) is 14.9. The Bertz CT molecular complexity index is 480. The zero-order valence-corrected chi connectivity index (χ0v) is 12.2. The van der Waals surface area contributed by atoms with Gasteiger partial charge in [0.1, 0.15) is 18.3 Å². The summed E-state index contributed by atoms with van der Waals surface area (Å²) in [4.78, 5) is 0. The molecule has 0 aromatic heterocycles. The summed E-state index contributed by atoms with van der Waals surface area (Å²) in [6.07, 6.45) is -1.95. The molecule has 2 aliphatic heterocycles. The molecule has 3 rings (SSSR count). The van der Waals surface area contributed by atoms with Crippen LogP contribution in [0.2, 0.25) is 0 Å². The van der Waals surface area contributed by atoms with Crippen LogP contribution in [0.25, 0.3) is 0 Å². The third-order valence-electron chi connectivity index (χ3n) is 3.79. The van der Waals surface area contributed by atoms with Crippen molar-refractivity contribution in [1.82, 2.24) is 5.06 Å². The number of nitrogens with zero attached hydrogens (tertiary/aromatic N) is 1. The van der Waals surface area contributed by atoms with Gasteiger partial charge in [0, 0.05) is 0 Å². The zero-order chi connectivity index (χ0) is 15.0. The molecule has 2 fully saturated rings. The summed E-state index contributed by atoms with van der Waals surface area (Å²) in [7, 11) is 0. The molecule has 2 aliphatic rings. The molecule has 0 aliphatic carbocycles. The minimum absolute atomic E-state index is 0.170. The number of aliphatic hydroxyl groups excluding tert-OH is 1. The number of ether oxygens (including phenoxy) is 3. The van der Waals surface area contributed by atoms with Crippen LogP contribution < -0.4 is 0 Å². The van der Waals surface area contributed by atoms with E-state index in [-0.39, 0.29) is 12.7 Å². The lowest BCUT2D eigenvalue weighted by Crippen LogP contribution is -2.42. The molecular weight excluding hydrogens is 274 g/mol. The van der Waals surface area contributed by atoms with Gasteiger partial charge in [-0.25, -0.2) is 0 Å². The average molecular weight is 295 g/mol. The van der Waals surface area contributed by atoms with E-state index in [1.807, 2.05) is 44.2 Å². The lowest BCUT2D eigenvalue weighted by Gasteiger charge is -2.28. The van der Waals surface area contributed by atoms with E-state index in [4.69, 9.17) is 14.2 Å². The predicted octanol–water partition coefficient (Wildman–Crippen LogP) is 1.12. The number of hydroxylamine groups is 2. The van der Waals surface area contributed by atoms with Crippen molar-refractivity contribution in [2.24, 2.45) is 0 Å². The first-order chi connectivity index (χ1) is 10.00. The van der Waals surface area contributed by atoms with Crippen molar-refractivity contribution < 1.29 is 24.5 Å². The topological polar surface area (TPSA) is 71.4 Å². The Hall–Kier alpha value is -1.02. The summed E-state index contributed by atoms with van der Waals surface area (Å²) in [6, 6.07) is 9.60. The van der Waals surface area contributed by atoms with Gasteiger partial charge in [-0.1, -0.05) is 30.3 Å². The van der Waals surface area contributed by atoms with Crippen LogP contribution in [-0.4, -0.2) is 52.3 Å². The van der Waals surface area contributed by atoms with Crippen molar-refractivity contribution in [3.05, 3.63) is 35.9 Å². The molecule has 0 spiro atoms. The van der Waals surface area contributed by atoms with Gasteiger partial charge >= 0.3 is 0 Å². The molecular formula is C15H21NO5. The SMILES string of the molecule is CC1(C)O[C@@H]2[C@H](O1)[C@@H](CO)O[C@H]2N(O)Cc1ccccc1. The van der Waals surface area contributed by atoms with E-state index in [1.165, 1.54) is 0 Å². The highest BCUT2D eigenvalue weighted by atomic mass is 16.8. The predicted molar refractivity (Wildman–Crippen MR) is 73.3 cm³/mol. The van der Waals surface area contributed by atoms with Gasteiger partial charge in [0.25, 0.3) is 0 Å². The molecule has 2 N–H and O–H groups in total. The molecule has 2 heterocycles. The lowest BCUT2D eigenvalue weighted by molar-refractivity contribution is -0.267. The average Bonchev–Trinajstić information content (AvgIpc) is 2.92. The summed E-state index contributed by atoms with van der Waals surface area (Å²) < 4.78 is 17.3. The number of aliphatic hydroxyl groups is 1. The lowest BCUT2D eigenvalue weighted by atomic mass is 10.1. The van der Waals surface area contributed by atoms with E-state index in [9.17, 15) is 10.3 Å². The van der Waals surface area contributed by atoms with Crippen LogP contribution in [0.1, 0.15) is 19.4 Å². The van der Waals surface area contributed by atoms with Crippen molar-refractivity contribution in [3.8, 4) is 0 Å². The highest BCUT2D eigenvalue weighted by Crippen LogP contribution is 2.39. The van der Waals surface area contributed by atoms with Crippen LogP contribution in [0.5, 0.6) is 0 Å². The normalized spacial score (nSPS) is 34.3. The zero-order valence-electron chi connectivity index (χ0n) is 12.2. The Morgan fingerprint density at radius 2 is 1.81 bits per heavy atom. The molecule has 6 nitrogen and oxygen atoms in total. The maximum Gasteiger partial charge on any atom is 0.164 e. The van der Waals surface area contributed by atoms with E-state index in [0.717, 1.165) is 10.6 Å². The largest absolute Gasteiger partial charge is 0.394 e. The summed E-state index contributed by atoms with van der Waals surface area (Å²) >= 11 is 0. The maximum absolute atomic E-state index is 10.3. The smallest absolute Gasteiger partial charge is 0.164 e. The number of hydrogen-bond acceptors (Lipinski definition) is 6. The van der Waals surface area contributed by atoms with Gasteiger partial charge in [0.05, 0.1) is 13.2 Å². The Kier molecular flexibility index (Phi) is 4.00. The Morgan fingerprint density at radius 3 is 2.48 bits per heavy atom. The second-order valence-corrected chi connectivity index (χ2v) is 5.90. The molecule has 1 aromatic carbocycles. The number of rotatable bonds is 4. The van der Waals surface area contributed by atoms with Crippen molar-refractivity contribution in [2.45, 2.75) is 50.7 Å².